The molecule has 1 fully saturated rings. The van der Waals surface area contributed by atoms with E-state index in [1.165, 1.54) is 32.1 Å². The van der Waals surface area contributed by atoms with E-state index in [4.69, 9.17) is 4.74 Å². The van der Waals surface area contributed by atoms with Gasteiger partial charge in [0.15, 0.2) is 11.0 Å². The Balaban J connectivity index is 1.57. The van der Waals surface area contributed by atoms with Gasteiger partial charge in [0.25, 0.3) is 0 Å². The van der Waals surface area contributed by atoms with E-state index >= 15 is 0 Å². The zero-order valence-corrected chi connectivity index (χ0v) is 17.1. The van der Waals surface area contributed by atoms with E-state index < -0.39 is 0 Å². The van der Waals surface area contributed by atoms with Crippen molar-refractivity contribution in [1.82, 2.24) is 19.7 Å². The Morgan fingerprint density at radius 1 is 1.04 bits per heavy atom. The van der Waals surface area contributed by atoms with Crippen molar-refractivity contribution in [3.8, 4) is 17.1 Å². The molecule has 4 rings (SSSR count). The summed E-state index contributed by atoms with van der Waals surface area (Å²) in [6.07, 6.45) is 9.09. The molecule has 1 aliphatic carbocycles. The van der Waals surface area contributed by atoms with Crippen molar-refractivity contribution in [2.24, 2.45) is 0 Å². The lowest BCUT2D eigenvalue weighted by Gasteiger charge is -2.25. The summed E-state index contributed by atoms with van der Waals surface area (Å²) < 4.78 is 7.68. The van der Waals surface area contributed by atoms with Gasteiger partial charge in [-0.05, 0) is 55.7 Å². The largest absolute Gasteiger partial charge is 0.497 e. The molecule has 1 aliphatic rings. The summed E-state index contributed by atoms with van der Waals surface area (Å²) >= 11 is 1.78. The number of hydrogen-bond donors (Lipinski definition) is 0. The number of pyridine rings is 1. The standard InChI is InChI=1S/C22H26N4OS/c1-27-20-12-10-17(11-13-20)21-24-25-22(26(21)19-8-3-2-4-9-19)28-16-14-18-7-5-6-15-23-18/h5-7,10-13,15,19H,2-4,8-9,14,16H2,1H3. The molecule has 0 radical (unpaired) electrons. The molecular formula is C22H26N4OS. The molecule has 3 aromatic rings. The van der Waals surface area contributed by atoms with Crippen LogP contribution in [0, 0.1) is 0 Å². The summed E-state index contributed by atoms with van der Waals surface area (Å²) in [5.41, 5.74) is 2.21. The molecule has 0 atom stereocenters. The van der Waals surface area contributed by atoms with Crippen LogP contribution in [0.4, 0.5) is 0 Å². The SMILES string of the molecule is COc1ccc(-c2nnc(SCCc3ccccn3)n2C2CCCCC2)cc1. The summed E-state index contributed by atoms with van der Waals surface area (Å²) in [5, 5.41) is 10.2. The van der Waals surface area contributed by atoms with Crippen molar-refractivity contribution in [1.29, 1.82) is 0 Å². The second-order valence-corrected chi connectivity index (χ2v) is 8.18. The van der Waals surface area contributed by atoms with Gasteiger partial charge in [-0.15, -0.1) is 10.2 Å². The number of aryl methyl sites for hydroxylation is 1. The lowest BCUT2D eigenvalue weighted by molar-refractivity contribution is 0.339. The molecule has 5 nitrogen and oxygen atoms in total. The van der Waals surface area contributed by atoms with Crippen molar-refractivity contribution in [3.63, 3.8) is 0 Å². The Morgan fingerprint density at radius 3 is 2.57 bits per heavy atom. The second kappa shape index (κ2) is 9.24. The maximum absolute atomic E-state index is 5.30. The van der Waals surface area contributed by atoms with Crippen LogP contribution >= 0.6 is 11.8 Å². The van der Waals surface area contributed by atoms with Gasteiger partial charge in [-0.3, -0.25) is 9.55 Å². The second-order valence-electron chi connectivity index (χ2n) is 7.12. The molecule has 0 bridgehead atoms. The van der Waals surface area contributed by atoms with Crippen LogP contribution < -0.4 is 4.74 Å². The molecular weight excluding hydrogens is 368 g/mol. The van der Waals surface area contributed by atoms with Gasteiger partial charge in [0.05, 0.1) is 7.11 Å². The number of aromatic nitrogens is 4. The van der Waals surface area contributed by atoms with Gasteiger partial charge in [-0.1, -0.05) is 37.1 Å². The fourth-order valence-electron chi connectivity index (χ4n) is 3.77. The summed E-state index contributed by atoms with van der Waals surface area (Å²) in [4.78, 5) is 4.42. The zero-order valence-electron chi connectivity index (χ0n) is 16.3. The third-order valence-electron chi connectivity index (χ3n) is 5.27. The molecule has 0 unspecified atom stereocenters. The lowest BCUT2D eigenvalue weighted by atomic mass is 9.95. The van der Waals surface area contributed by atoms with Gasteiger partial charge in [-0.2, -0.15) is 0 Å². The normalized spacial score (nSPS) is 14.9. The Labute approximate surface area is 170 Å². The van der Waals surface area contributed by atoms with Crippen LogP contribution in [0.15, 0.2) is 53.8 Å². The Hall–Kier alpha value is -2.34. The van der Waals surface area contributed by atoms with Gasteiger partial charge in [0.2, 0.25) is 0 Å². The van der Waals surface area contributed by atoms with Crippen LogP contribution in [0.1, 0.15) is 43.8 Å². The van der Waals surface area contributed by atoms with Crippen molar-refractivity contribution in [2.75, 3.05) is 12.9 Å². The zero-order chi connectivity index (χ0) is 19.2. The molecule has 0 amide bonds. The maximum Gasteiger partial charge on any atom is 0.191 e. The molecule has 1 saturated carbocycles. The van der Waals surface area contributed by atoms with E-state index in [0.717, 1.165) is 40.2 Å². The van der Waals surface area contributed by atoms with Crippen molar-refractivity contribution in [2.45, 2.75) is 49.7 Å². The highest BCUT2D eigenvalue weighted by atomic mass is 32.2. The first-order valence-electron chi connectivity index (χ1n) is 9.97. The van der Waals surface area contributed by atoms with Crippen LogP contribution in [-0.4, -0.2) is 32.6 Å². The van der Waals surface area contributed by atoms with Gasteiger partial charge in [-0.25, -0.2) is 0 Å². The van der Waals surface area contributed by atoms with E-state index in [-0.39, 0.29) is 0 Å². The number of hydrogen-bond acceptors (Lipinski definition) is 5. The number of methoxy groups -OCH3 is 1. The van der Waals surface area contributed by atoms with Crippen LogP contribution in [0.2, 0.25) is 0 Å². The first-order chi connectivity index (χ1) is 13.8. The van der Waals surface area contributed by atoms with Crippen LogP contribution in [0.5, 0.6) is 5.75 Å². The quantitative estimate of drug-likeness (QED) is 0.516. The predicted molar refractivity (Wildman–Crippen MR) is 113 cm³/mol. The van der Waals surface area contributed by atoms with E-state index in [0.29, 0.717) is 6.04 Å². The fraction of sp³-hybridized carbons (Fsp3) is 0.409. The third-order valence-corrected chi connectivity index (χ3v) is 6.21. The molecule has 0 N–H and O–H groups in total. The molecule has 1 aromatic carbocycles. The van der Waals surface area contributed by atoms with Crippen molar-refractivity contribution >= 4 is 11.8 Å². The molecule has 28 heavy (non-hydrogen) atoms. The minimum atomic E-state index is 0.484. The average Bonchev–Trinajstić information content (AvgIpc) is 3.19. The fourth-order valence-corrected chi connectivity index (χ4v) is 4.74. The van der Waals surface area contributed by atoms with Gasteiger partial charge in [0.1, 0.15) is 5.75 Å². The first-order valence-corrected chi connectivity index (χ1v) is 11.0. The third kappa shape index (κ3) is 4.38. The van der Waals surface area contributed by atoms with E-state index in [1.54, 1.807) is 18.9 Å². The van der Waals surface area contributed by atoms with Crippen molar-refractivity contribution < 1.29 is 4.74 Å². The van der Waals surface area contributed by atoms with Crippen LogP contribution in [0.25, 0.3) is 11.4 Å². The summed E-state index contributed by atoms with van der Waals surface area (Å²) in [6.45, 7) is 0. The molecule has 0 saturated heterocycles. The predicted octanol–water partition coefficient (Wildman–Crippen LogP) is 5.19. The average molecular weight is 395 g/mol. The first kappa shape index (κ1) is 19.0. The van der Waals surface area contributed by atoms with E-state index in [2.05, 4.69) is 37.9 Å². The minimum absolute atomic E-state index is 0.484. The highest BCUT2D eigenvalue weighted by Gasteiger charge is 2.23. The molecule has 6 heteroatoms. The molecule has 2 aromatic heterocycles. The summed E-state index contributed by atoms with van der Waals surface area (Å²) in [7, 11) is 1.69. The molecule has 0 aliphatic heterocycles. The Bertz CT molecular complexity index is 873. The lowest BCUT2D eigenvalue weighted by Crippen LogP contribution is -2.15. The van der Waals surface area contributed by atoms with Crippen LogP contribution in [-0.2, 0) is 6.42 Å². The number of rotatable bonds is 7. The smallest absolute Gasteiger partial charge is 0.191 e. The number of nitrogens with zero attached hydrogens (tertiary/aromatic N) is 4. The Kier molecular flexibility index (Phi) is 6.27. The highest BCUT2D eigenvalue weighted by Crippen LogP contribution is 2.36. The minimum Gasteiger partial charge on any atom is -0.497 e. The number of ether oxygens (including phenoxy) is 1. The Morgan fingerprint density at radius 2 is 1.86 bits per heavy atom. The van der Waals surface area contributed by atoms with E-state index in [9.17, 15) is 0 Å². The number of thioether (sulfide) groups is 1. The topological polar surface area (TPSA) is 52.8 Å². The van der Waals surface area contributed by atoms with Gasteiger partial charge in [0, 0.05) is 29.2 Å². The molecule has 0 spiro atoms. The summed E-state index contributed by atoms with van der Waals surface area (Å²) in [5.74, 6) is 2.78. The highest BCUT2D eigenvalue weighted by molar-refractivity contribution is 7.99. The number of benzene rings is 1. The molecule has 2 heterocycles. The van der Waals surface area contributed by atoms with Gasteiger partial charge < -0.3 is 4.74 Å². The van der Waals surface area contributed by atoms with Crippen LogP contribution in [0.3, 0.4) is 0 Å². The monoisotopic (exact) mass is 394 g/mol. The molecule has 146 valence electrons. The van der Waals surface area contributed by atoms with E-state index in [1.807, 2.05) is 30.5 Å². The summed E-state index contributed by atoms with van der Waals surface area (Å²) in [6, 6.07) is 14.7. The van der Waals surface area contributed by atoms with Gasteiger partial charge >= 0.3 is 0 Å². The van der Waals surface area contributed by atoms with Crippen molar-refractivity contribution in [3.05, 3.63) is 54.4 Å². The maximum atomic E-state index is 5.30.